The second-order valence-corrected chi connectivity index (χ2v) is 25.7. The van der Waals surface area contributed by atoms with Crippen molar-refractivity contribution in [2.24, 2.45) is 5.92 Å². The minimum Gasteiger partial charge on any atom is -0.404 e. The Bertz CT molecular complexity index is 1350. The first-order valence-electron chi connectivity index (χ1n) is 15.2. The Morgan fingerprint density at radius 1 is 1.11 bits per heavy atom. The van der Waals surface area contributed by atoms with Gasteiger partial charge in [-0.05, 0) is 60.3 Å². The highest BCUT2D eigenvalue weighted by molar-refractivity contribution is 6.76. The lowest BCUT2D eigenvalue weighted by Crippen LogP contribution is -2.60. The predicted octanol–water partition coefficient (Wildman–Crippen LogP) is 7.70. The van der Waals surface area contributed by atoms with Crippen molar-refractivity contribution in [2.45, 2.75) is 110 Å². The molecule has 1 aliphatic rings. The number of hydrogen-bond donors (Lipinski definition) is 1. The van der Waals surface area contributed by atoms with Crippen molar-refractivity contribution in [1.29, 1.82) is 0 Å². The van der Waals surface area contributed by atoms with Crippen LogP contribution in [0, 0.1) is 5.92 Å². The van der Waals surface area contributed by atoms with Gasteiger partial charge in [-0.2, -0.15) is 13.2 Å². The average Bonchev–Trinajstić information content (AvgIpc) is 3.16. The lowest BCUT2D eigenvalue weighted by atomic mass is 9.98. The monoisotopic (exact) mass is 675 g/mol. The summed E-state index contributed by atoms with van der Waals surface area (Å²) in [6, 6.07) is 5.10. The first-order chi connectivity index (χ1) is 20.0. The first-order valence-corrected chi connectivity index (χ1v) is 22.2. The molecule has 2 heterocycles. The third-order valence-electron chi connectivity index (χ3n) is 8.73. The van der Waals surface area contributed by atoms with E-state index in [0.29, 0.717) is 23.7 Å². The summed E-state index contributed by atoms with van der Waals surface area (Å²) < 4.78 is 56.9. The van der Waals surface area contributed by atoms with Crippen molar-refractivity contribution in [3.63, 3.8) is 0 Å². The fraction of sp³-hybridized carbons (Fsp3) is 0.677. The molecule has 7 nitrogen and oxygen atoms in total. The van der Waals surface area contributed by atoms with E-state index in [1.165, 1.54) is 4.90 Å². The molecule has 0 saturated carbocycles. The van der Waals surface area contributed by atoms with E-state index in [0.717, 1.165) is 22.5 Å². The van der Waals surface area contributed by atoms with Gasteiger partial charge in [0.1, 0.15) is 12.4 Å². The third-order valence-corrected chi connectivity index (χ3v) is 15.1. The van der Waals surface area contributed by atoms with E-state index in [2.05, 4.69) is 25.0 Å². The van der Waals surface area contributed by atoms with Crippen LogP contribution in [0.2, 0.25) is 48.8 Å². The summed E-state index contributed by atoms with van der Waals surface area (Å²) in [5.74, 6) is -1.60. The van der Waals surface area contributed by atoms with Gasteiger partial charge >= 0.3 is 6.18 Å². The second-order valence-electron chi connectivity index (χ2n) is 14.9. The van der Waals surface area contributed by atoms with Gasteiger partial charge in [0.25, 0.3) is 5.91 Å². The molecule has 2 amide bonds. The van der Waals surface area contributed by atoms with Crippen LogP contribution in [0.1, 0.15) is 50.7 Å². The van der Waals surface area contributed by atoms with Gasteiger partial charge < -0.3 is 23.9 Å². The zero-order chi connectivity index (χ0) is 33.4. The number of benzene rings is 1. The first kappa shape index (κ1) is 36.6. The van der Waals surface area contributed by atoms with Crippen LogP contribution in [-0.4, -0.2) is 75.7 Å². The molecular weight excluding hydrogens is 627 g/mol. The summed E-state index contributed by atoms with van der Waals surface area (Å²) in [4.78, 5) is 28.6. The maximum Gasteiger partial charge on any atom is 0.415 e. The van der Waals surface area contributed by atoms with Crippen LogP contribution in [0.5, 0.6) is 0 Å². The minimum absolute atomic E-state index is 0.164. The van der Waals surface area contributed by atoms with Gasteiger partial charge in [-0.3, -0.25) is 9.59 Å². The number of ether oxygens (including phenoxy) is 1. The lowest BCUT2D eigenvalue weighted by molar-refractivity contribution is -0.210. The van der Waals surface area contributed by atoms with Crippen molar-refractivity contribution in [3.8, 4) is 0 Å². The molecule has 44 heavy (non-hydrogen) atoms. The fourth-order valence-corrected chi connectivity index (χ4v) is 7.24. The maximum atomic E-state index is 14.4. The van der Waals surface area contributed by atoms with Crippen LogP contribution in [0.3, 0.4) is 0 Å². The number of alkyl halides is 3. The van der Waals surface area contributed by atoms with E-state index < -0.39 is 51.6 Å². The van der Waals surface area contributed by atoms with Crippen molar-refractivity contribution in [1.82, 2.24) is 14.8 Å². The molecule has 248 valence electrons. The molecule has 0 fully saturated rings. The number of amides is 2. The van der Waals surface area contributed by atoms with E-state index >= 15 is 0 Å². The molecule has 0 radical (unpaired) electrons. The smallest absolute Gasteiger partial charge is 0.404 e. The topological polar surface area (TPSA) is 72.8 Å². The maximum absolute atomic E-state index is 14.4. The summed E-state index contributed by atoms with van der Waals surface area (Å²) >= 11 is 6.31. The van der Waals surface area contributed by atoms with Crippen molar-refractivity contribution < 1.29 is 31.9 Å². The molecule has 2 unspecified atom stereocenters. The Balaban J connectivity index is 1.85. The number of rotatable bonds is 12. The number of nitrogens with zero attached hydrogens (tertiary/aromatic N) is 2. The van der Waals surface area contributed by atoms with Gasteiger partial charge in [-0.25, -0.2) is 0 Å². The standard InChI is InChI=1S/C31H49ClF3N3O4Si2/c1-20(2)26(28(31(33,34)35)42-44(9,10)30(3,4)5)36-25(39)18-37-14-13-22-23-17-21(32)11-12-24(23)38(27(22)29(37)40)19-41-15-16-43(6,7)8/h11-12,17,20,26,28H,13-16,18-19H2,1-10H3,(H,36,39). The number of nitrogens with one attached hydrogen (secondary N) is 1. The molecule has 3 rings (SSSR count). The highest BCUT2D eigenvalue weighted by Gasteiger charge is 2.52. The summed E-state index contributed by atoms with van der Waals surface area (Å²) in [6.07, 6.45) is -6.39. The number of hydrogen-bond acceptors (Lipinski definition) is 4. The number of aromatic nitrogens is 1. The number of carbonyl (C=O) groups is 2. The molecule has 0 aliphatic carbocycles. The van der Waals surface area contributed by atoms with E-state index in [-0.39, 0.29) is 25.7 Å². The van der Waals surface area contributed by atoms with E-state index in [1.54, 1.807) is 33.0 Å². The number of fused-ring (bicyclic) bond motifs is 3. The van der Waals surface area contributed by atoms with Crippen LogP contribution in [0.4, 0.5) is 13.2 Å². The largest absolute Gasteiger partial charge is 0.415 e. The van der Waals surface area contributed by atoms with Gasteiger partial charge in [0.05, 0.1) is 18.1 Å². The normalized spacial score (nSPS) is 16.4. The van der Waals surface area contributed by atoms with Crippen LogP contribution in [0.15, 0.2) is 18.2 Å². The number of halogens is 4. The highest BCUT2D eigenvalue weighted by Crippen LogP contribution is 2.41. The predicted molar refractivity (Wildman–Crippen MR) is 176 cm³/mol. The van der Waals surface area contributed by atoms with E-state index in [1.807, 2.05) is 37.5 Å². The molecule has 1 aromatic carbocycles. The Morgan fingerprint density at radius 2 is 1.75 bits per heavy atom. The van der Waals surface area contributed by atoms with Gasteiger partial charge in [0.2, 0.25) is 5.91 Å². The molecule has 2 aromatic rings. The molecule has 1 aliphatic heterocycles. The quantitative estimate of drug-likeness (QED) is 0.185. The van der Waals surface area contributed by atoms with E-state index in [9.17, 15) is 22.8 Å². The van der Waals surface area contributed by atoms with Crippen LogP contribution >= 0.6 is 11.6 Å². The van der Waals surface area contributed by atoms with Gasteiger partial charge in [0.15, 0.2) is 14.4 Å². The Hall–Kier alpha value is -1.87. The summed E-state index contributed by atoms with van der Waals surface area (Å²) in [5, 5.41) is 3.54. The lowest BCUT2D eigenvalue weighted by Gasteiger charge is -2.43. The molecule has 13 heteroatoms. The molecule has 1 N–H and O–H groups in total. The van der Waals surface area contributed by atoms with Crippen molar-refractivity contribution >= 4 is 50.7 Å². The van der Waals surface area contributed by atoms with Crippen molar-refractivity contribution in [2.75, 3.05) is 19.7 Å². The van der Waals surface area contributed by atoms with Gasteiger partial charge in [-0.15, -0.1) is 0 Å². The SMILES string of the molecule is CC(C)C(NC(=O)CN1CCc2c(n(COCC[Si](C)(C)C)c3ccc(Cl)cc23)C1=O)C(O[Si](C)(C)C(C)(C)C)C(F)(F)F. The summed E-state index contributed by atoms with van der Waals surface area (Å²) in [5.41, 5.74) is 2.06. The van der Waals surface area contributed by atoms with E-state index in [4.69, 9.17) is 20.8 Å². The number of carbonyl (C=O) groups excluding carboxylic acids is 2. The molecule has 0 spiro atoms. The van der Waals surface area contributed by atoms with Crippen LogP contribution in [-0.2, 0) is 27.1 Å². The van der Waals surface area contributed by atoms with Gasteiger partial charge in [0, 0.05) is 31.6 Å². The summed E-state index contributed by atoms with van der Waals surface area (Å²) in [6.45, 7) is 19.8. The molecule has 1 aromatic heterocycles. The Kier molecular flexibility index (Phi) is 11.2. The molecule has 0 bridgehead atoms. The van der Waals surface area contributed by atoms with Crippen molar-refractivity contribution in [3.05, 3.63) is 34.5 Å². The second kappa shape index (κ2) is 13.5. The molecule has 2 atom stereocenters. The Labute approximate surface area is 266 Å². The van der Waals surface area contributed by atoms with Gasteiger partial charge in [-0.1, -0.05) is 65.9 Å². The highest BCUT2D eigenvalue weighted by atomic mass is 35.5. The average molecular weight is 676 g/mol. The van der Waals surface area contributed by atoms with Crippen LogP contribution in [0.25, 0.3) is 10.9 Å². The fourth-order valence-electron chi connectivity index (χ4n) is 5.05. The third kappa shape index (κ3) is 8.68. The van der Waals surface area contributed by atoms with Crippen LogP contribution < -0.4 is 5.32 Å². The zero-order valence-electron chi connectivity index (χ0n) is 27.7. The molecular formula is C31H49ClF3N3O4Si2. The summed E-state index contributed by atoms with van der Waals surface area (Å²) in [7, 11) is -4.16. The minimum atomic E-state index is -4.69. The molecule has 0 saturated heterocycles. The zero-order valence-corrected chi connectivity index (χ0v) is 30.5. The Morgan fingerprint density at radius 3 is 2.30 bits per heavy atom.